The molecule has 0 radical (unpaired) electrons. The number of hydrogen-bond acceptors (Lipinski definition) is 5. The number of ether oxygens (including phenoxy) is 2. The molecule has 0 aliphatic rings. The average Bonchev–Trinajstić information content (AvgIpc) is 3.37. The molecule has 1 aromatic heterocycles. The van der Waals surface area contributed by atoms with Crippen molar-refractivity contribution >= 4 is 5.97 Å². The predicted octanol–water partition coefficient (Wildman–Crippen LogP) is 7.38. The summed E-state index contributed by atoms with van der Waals surface area (Å²) in [5, 5.41) is 10.6. The van der Waals surface area contributed by atoms with Crippen LogP contribution in [-0.4, -0.2) is 24.3 Å². The monoisotopic (exact) mass is 504 g/mol. The summed E-state index contributed by atoms with van der Waals surface area (Å²) in [5.41, 5.74) is 6.14. The first-order chi connectivity index (χ1) is 18.7. The Morgan fingerprint density at radius 1 is 0.737 bits per heavy atom. The van der Waals surface area contributed by atoms with E-state index in [9.17, 15) is 9.90 Å². The Hall–Kier alpha value is -4.61. The molecule has 5 aromatic rings. The van der Waals surface area contributed by atoms with Crippen molar-refractivity contribution in [3.8, 4) is 50.7 Å². The first-order valence-corrected chi connectivity index (χ1v) is 12.5. The summed E-state index contributed by atoms with van der Waals surface area (Å²) in [4.78, 5) is 11.8. The van der Waals surface area contributed by atoms with Crippen LogP contribution < -0.4 is 4.74 Å². The molecule has 1 N–H and O–H groups in total. The van der Waals surface area contributed by atoms with Crippen LogP contribution in [0.5, 0.6) is 5.75 Å². The van der Waals surface area contributed by atoms with Crippen LogP contribution >= 0.6 is 0 Å². The van der Waals surface area contributed by atoms with E-state index in [4.69, 9.17) is 13.9 Å². The van der Waals surface area contributed by atoms with Gasteiger partial charge in [-0.3, -0.25) is 0 Å². The Balaban J connectivity index is 1.63. The highest BCUT2D eigenvalue weighted by Gasteiger charge is 2.25. The molecule has 0 saturated heterocycles. The van der Waals surface area contributed by atoms with E-state index >= 15 is 0 Å². The van der Waals surface area contributed by atoms with Gasteiger partial charge in [-0.05, 0) is 35.7 Å². The maximum atomic E-state index is 11.8. The van der Waals surface area contributed by atoms with Crippen molar-refractivity contribution in [3.05, 3.63) is 115 Å². The fourth-order valence-corrected chi connectivity index (χ4v) is 4.57. The van der Waals surface area contributed by atoms with Gasteiger partial charge >= 0.3 is 5.97 Å². The van der Waals surface area contributed by atoms with Crippen LogP contribution in [0.3, 0.4) is 0 Å². The largest absolute Gasteiger partial charge is 0.482 e. The molecule has 0 spiro atoms. The molecule has 1 heterocycles. The van der Waals surface area contributed by atoms with E-state index in [-0.39, 0.29) is 13.2 Å². The zero-order chi connectivity index (χ0) is 26.3. The Labute approximate surface area is 221 Å². The summed E-state index contributed by atoms with van der Waals surface area (Å²) >= 11 is 0. The summed E-state index contributed by atoms with van der Waals surface area (Å²) in [6.45, 7) is 1.72. The quantitative estimate of drug-likeness (QED) is 0.212. The van der Waals surface area contributed by atoms with Crippen molar-refractivity contribution in [2.75, 3.05) is 13.2 Å². The lowest BCUT2D eigenvalue weighted by atomic mass is 9.93. The van der Waals surface area contributed by atoms with Gasteiger partial charge in [0.2, 0.25) is 0 Å². The fourth-order valence-electron chi connectivity index (χ4n) is 4.57. The maximum absolute atomic E-state index is 11.8. The van der Waals surface area contributed by atoms with E-state index in [2.05, 4.69) is 0 Å². The van der Waals surface area contributed by atoms with E-state index < -0.39 is 5.97 Å². The number of hydrogen-bond donors (Lipinski definition) is 1. The minimum absolute atomic E-state index is 0.160. The van der Waals surface area contributed by atoms with Crippen LogP contribution in [-0.2, 0) is 16.1 Å². The summed E-state index contributed by atoms with van der Waals surface area (Å²) in [7, 11) is 0. The van der Waals surface area contributed by atoms with E-state index in [0.717, 1.165) is 38.9 Å². The molecule has 4 aromatic carbocycles. The van der Waals surface area contributed by atoms with E-state index in [1.165, 1.54) is 0 Å². The molecule has 0 saturated carbocycles. The SMILES string of the molecule is CCOC(=O)COc1cccc(-c2ccccc2-c2oc(-c3ccccc3)c(-c3ccccc3)c2CO)c1. The second kappa shape index (κ2) is 11.6. The molecule has 190 valence electrons. The third-order valence-corrected chi connectivity index (χ3v) is 6.24. The molecule has 0 atom stereocenters. The normalized spacial score (nSPS) is 10.8. The summed E-state index contributed by atoms with van der Waals surface area (Å²) < 4.78 is 17.3. The van der Waals surface area contributed by atoms with Crippen LogP contribution in [0.25, 0.3) is 44.9 Å². The fraction of sp³-hybridized carbons (Fsp3) is 0.121. The second-order valence-electron chi connectivity index (χ2n) is 8.67. The average molecular weight is 505 g/mol. The molecule has 0 aliphatic heterocycles. The van der Waals surface area contributed by atoms with Crippen molar-refractivity contribution in [1.82, 2.24) is 0 Å². The van der Waals surface area contributed by atoms with Crippen LogP contribution in [0.4, 0.5) is 0 Å². The van der Waals surface area contributed by atoms with Gasteiger partial charge in [-0.1, -0.05) is 97.1 Å². The predicted molar refractivity (Wildman–Crippen MR) is 149 cm³/mol. The Bertz CT molecular complexity index is 1520. The number of aliphatic hydroxyl groups excluding tert-OH is 1. The van der Waals surface area contributed by atoms with Crippen molar-refractivity contribution in [3.63, 3.8) is 0 Å². The zero-order valence-electron chi connectivity index (χ0n) is 21.1. The summed E-state index contributed by atoms with van der Waals surface area (Å²) in [6, 6.07) is 35.4. The minimum Gasteiger partial charge on any atom is -0.482 e. The van der Waals surface area contributed by atoms with Crippen molar-refractivity contribution in [1.29, 1.82) is 0 Å². The first-order valence-electron chi connectivity index (χ1n) is 12.5. The summed E-state index contributed by atoms with van der Waals surface area (Å²) in [6.07, 6.45) is 0. The van der Waals surface area contributed by atoms with Gasteiger partial charge < -0.3 is 19.0 Å². The Morgan fingerprint density at radius 2 is 1.37 bits per heavy atom. The molecular weight excluding hydrogens is 476 g/mol. The highest BCUT2D eigenvalue weighted by Crippen LogP contribution is 2.45. The maximum Gasteiger partial charge on any atom is 0.344 e. The van der Waals surface area contributed by atoms with E-state index in [1.807, 2.05) is 103 Å². The standard InChI is InChI=1S/C33H28O5/c1-2-36-30(35)22-37-26-17-11-16-25(20-26)27-18-9-10-19-28(27)33-29(21-34)31(23-12-5-3-6-13-23)32(38-33)24-14-7-4-8-15-24/h3-20,34H,2,21-22H2,1H3. The molecule has 5 nitrogen and oxygen atoms in total. The van der Waals surface area contributed by atoms with Gasteiger partial charge in [-0.15, -0.1) is 0 Å². The Morgan fingerprint density at radius 3 is 2.05 bits per heavy atom. The highest BCUT2D eigenvalue weighted by atomic mass is 16.6. The molecule has 0 fully saturated rings. The lowest BCUT2D eigenvalue weighted by Gasteiger charge is -2.12. The van der Waals surface area contributed by atoms with Gasteiger partial charge in [0.25, 0.3) is 0 Å². The van der Waals surface area contributed by atoms with Gasteiger partial charge in [0.1, 0.15) is 17.3 Å². The topological polar surface area (TPSA) is 68.9 Å². The first kappa shape index (κ1) is 25.1. The lowest BCUT2D eigenvalue weighted by molar-refractivity contribution is -0.145. The van der Waals surface area contributed by atoms with Crippen molar-refractivity contribution in [2.24, 2.45) is 0 Å². The zero-order valence-corrected chi connectivity index (χ0v) is 21.1. The number of carbonyl (C=O) groups is 1. The number of carbonyl (C=O) groups excluding carboxylic acids is 1. The van der Waals surface area contributed by atoms with Crippen molar-refractivity contribution < 1.29 is 23.8 Å². The number of benzene rings is 4. The molecule has 38 heavy (non-hydrogen) atoms. The van der Waals surface area contributed by atoms with Crippen LogP contribution in [0, 0.1) is 0 Å². The van der Waals surface area contributed by atoms with Gasteiger partial charge in [0.15, 0.2) is 6.61 Å². The third kappa shape index (κ3) is 5.24. The molecule has 0 amide bonds. The molecule has 0 aliphatic carbocycles. The van der Waals surface area contributed by atoms with E-state index in [0.29, 0.717) is 23.9 Å². The number of esters is 1. The smallest absolute Gasteiger partial charge is 0.344 e. The number of aliphatic hydroxyl groups is 1. The molecule has 5 rings (SSSR count). The van der Waals surface area contributed by atoms with Gasteiger partial charge in [-0.25, -0.2) is 4.79 Å². The van der Waals surface area contributed by atoms with E-state index in [1.54, 1.807) is 13.0 Å². The minimum atomic E-state index is -0.414. The molecule has 0 bridgehead atoms. The van der Waals surface area contributed by atoms with Gasteiger partial charge in [-0.2, -0.15) is 0 Å². The Kier molecular flexibility index (Phi) is 7.67. The molecular formula is C33H28O5. The van der Waals surface area contributed by atoms with Crippen LogP contribution in [0.15, 0.2) is 114 Å². The van der Waals surface area contributed by atoms with Gasteiger partial charge in [0.05, 0.1) is 13.2 Å². The molecule has 0 unspecified atom stereocenters. The second-order valence-corrected chi connectivity index (χ2v) is 8.67. The number of furan rings is 1. The third-order valence-electron chi connectivity index (χ3n) is 6.24. The van der Waals surface area contributed by atoms with Crippen LogP contribution in [0.2, 0.25) is 0 Å². The lowest BCUT2D eigenvalue weighted by Crippen LogP contribution is -2.14. The van der Waals surface area contributed by atoms with Crippen molar-refractivity contribution in [2.45, 2.75) is 13.5 Å². The van der Waals surface area contributed by atoms with Crippen LogP contribution in [0.1, 0.15) is 12.5 Å². The number of rotatable bonds is 9. The highest BCUT2D eigenvalue weighted by molar-refractivity contribution is 5.91. The van der Waals surface area contributed by atoms with Gasteiger partial charge in [0, 0.05) is 22.3 Å². The molecule has 5 heteroatoms. The summed E-state index contributed by atoms with van der Waals surface area (Å²) in [5.74, 6) is 1.46.